The number of ether oxygens (including phenoxy) is 1. The maximum absolute atomic E-state index is 13.7. The molecule has 0 N–H and O–H groups in total. The van der Waals surface area contributed by atoms with Crippen LogP contribution in [-0.4, -0.2) is 40.2 Å². The standard InChI is InChI=1S/C17H20FN3O3/c1-11(14-5-3-4-6-15(14)18)7-17(22)21-8-13(9-21)23-10-16-20-19-12(2)24-16/h3-6,11,13H,7-10H2,1-2H3. The van der Waals surface area contributed by atoms with Crippen molar-refractivity contribution in [2.24, 2.45) is 0 Å². The number of hydrogen-bond acceptors (Lipinski definition) is 5. The number of halogens is 1. The van der Waals surface area contributed by atoms with Crippen molar-refractivity contribution in [2.45, 2.75) is 38.9 Å². The molecule has 1 amide bonds. The second-order valence-corrected chi connectivity index (χ2v) is 6.07. The Balaban J connectivity index is 1.42. The van der Waals surface area contributed by atoms with Crippen LogP contribution in [0.3, 0.4) is 0 Å². The second-order valence-electron chi connectivity index (χ2n) is 6.07. The van der Waals surface area contributed by atoms with Gasteiger partial charge in [0.1, 0.15) is 12.4 Å². The van der Waals surface area contributed by atoms with Crippen molar-refractivity contribution < 1.29 is 18.3 Å². The topological polar surface area (TPSA) is 68.5 Å². The number of amides is 1. The summed E-state index contributed by atoms with van der Waals surface area (Å²) in [7, 11) is 0. The lowest BCUT2D eigenvalue weighted by atomic mass is 9.96. The third-order valence-electron chi connectivity index (χ3n) is 4.13. The van der Waals surface area contributed by atoms with Gasteiger partial charge in [-0.15, -0.1) is 10.2 Å². The molecule has 6 nitrogen and oxygen atoms in total. The summed E-state index contributed by atoms with van der Waals surface area (Å²) in [6.45, 7) is 4.91. The van der Waals surface area contributed by atoms with Crippen LogP contribution >= 0.6 is 0 Å². The lowest BCUT2D eigenvalue weighted by Crippen LogP contribution is -2.54. The van der Waals surface area contributed by atoms with Crippen LogP contribution in [0.15, 0.2) is 28.7 Å². The zero-order valence-corrected chi connectivity index (χ0v) is 13.7. The minimum Gasteiger partial charge on any atom is -0.423 e. The number of nitrogens with zero attached hydrogens (tertiary/aromatic N) is 3. The van der Waals surface area contributed by atoms with Gasteiger partial charge in [0.2, 0.25) is 17.7 Å². The first-order chi connectivity index (χ1) is 11.5. The predicted octanol–water partition coefficient (Wildman–Crippen LogP) is 2.44. The Morgan fingerprint density at radius 3 is 2.83 bits per heavy atom. The monoisotopic (exact) mass is 333 g/mol. The number of benzene rings is 1. The number of hydrogen-bond donors (Lipinski definition) is 0. The number of rotatable bonds is 6. The molecule has 24 heavy (non-hydrogen) atoms. The van der Waals surface area contributed by atoms with Crippen molar-refractivity contribution in [1.82, 2.24) is 15.1 Å². The molecule has 1 aromatic carbocycles. The maximum atomic E-state index is 13.7. The largest absolute Gasteiger partial charge is 0.423 e. The Bertz CT molecular complexity index is 713. The summed E-state index contributed by atoms with van der Waals surface area (Å²) in [6.07, 6.45) is 0.265. The van der Waals surface area contributed by atoms with Crippen LogP contribution in [-0.2, 0) is 16.1 Å². The van der Waals surface area contributed by atoms with Crippen molar-refractivity contribution in [3.8, 4) is 0 Å². The first kappa shape index (κ1) is 16.6. The zero-order valence-electron chi connectivity index (χ0n) is 13.7. The average molecular weight is 333 g/mol. The summed E-state index contributed by atoms with van der Waals surface area (Å²) in [5.74, 6) is 0.531. The smallest absolute Gasteiger partial charge is 0.242 e. The lowest BCUT2D eigenvalue weighted by molar-refractivity contribution is -0.146. The van der Waals surface area contributed by atoms with Gasteiger partial charge in [-0.25, -0.2) is 4.39 Å². The molecule has 7 heteroatoms. The van der Waals surface area contributed by atoms with E-state index >= 15 is 0 Å². The molecular formula is C17H20FN3O3. The molecule has 2 heterocycles. The van der Waals surface area contributed by atoms with E-state index in [0.717, 1.165) is 0 Å². The number of aryl methyl sites for hydroxylation is 1. The van der Waals surface area contributed by atoms with Gasteiger partial charge in [-0.05, 0) is 17.5 Å². The van der Waals surface area contributed by atoms with Gasteiger partial charge in [0.15, 0.2) is 0 Å². The molecule has 0 saturated carbocycles. The van der Waals surface area contributed by atoms with Crippen molar-refractivity contribution in [1.29, 1.82) is 0 Å². The number of carbonyl (C=O) groups is 1. The summed E-state index contributed by atoms with van der Waals surface area (Å²) in [4.78, 5) is 14.0. The minimum atomic E-state index is -0.266. The number of likely N-dealkylation sites (tertiary alicyclic amines) is 1. The summed E-state index contributed by atoms with van der Waals surface area (Å²) in [5, 5.41) is 7.58. The lowest BCUT2D eigenvalue weighted by Gasteiger charge is -2.39. The Morgan fingerprint density at radius 2 is 2.17 bits per heavy atom. The van der Waals surface area contributed by atoms with Crippen LogP contribution in [0.4, 0.5) is 4.39 Å². The van der Waals surface area contributed by atoms with E-state index < -0.39 is 0 Å². The molecule has 1 unspecified atom stereocenters. The average Bonchev–Trinajstić information content (AvgIpc) is 2.91. The number of carbonyl (C=O) groups excluding carboxylic acids is 1. The van der Waals surface area contributed by atoms with E-state index in [9.17, 15) is 9.18 Å². The Hall–Kier alpha value is -2.28. The summed E-state index contributed by atoms with van der Waals surface area (Å²) >= 11 is 0. The second kappa shape index (κ2) is 7.09. The molecule has 2 aromatic rings. The Labute approximate surface area is 139 Å². The van der Waals surface area contributed by atoms with E-state index in [0.29, 0.717) is 30.4 Å². The number of aromatic nitrogens is 2. The SMILES string of the molecule is Cc1nnc(COC2CN(C(=O)CC(C)c3ccccc3F)C2)o1. The third kappa shape index (κ3) is 3.79. The van der Waals surface area contributed by atoms with Gasteiger partial charge in [-0.3, -0.25) is 4.79 Å². The van der Waals surface area contributed by atoms with Crippen LogP contribution in [0.1, 0.15) is 36.6 Å². The highest BCUT2D eigenvalue weighted by Crippen LogP contribution is 2.24. The molecule has 0 bridgehead atoms. The highest BCUT2D eigenvalue weighted by atomic mass is 19.1. The quantitative estimate of drug-likeness (QED) is 0.812. The van der Waals surface area contributed by atoms with E-state index in [2.05, 4.69) is 10.2 Å². The van der Waals surface area contributed by atoms with Gasteiger partial charge in [0.05, 0.1) is 6.10 Å². The molecule has 1 saturated heterocycles. The van der Waals surface area contributed by atoms with Gasteiger partial charge in [-0.1, -0.05) is 25.1 Å². The van der Waals surface area contributed by atoms with Crippen LogP contribution in [0.2, 0.25) is 0 Å². The molecule has 1 aliphatic heterocycles. The van der Waals surface area contributed by atoms with Crippen LogP contribution in [0, 0.1) is 12.7 Å². The van der Waals surface area contributed by atoms with E-state index in [4.69, 9.17) is 9.15 Å². The van der Waals surface area contributed by atoms with E-state index in [-0.39, 0.29) is 36.8 Å². The van der Waals surface area contributed by atoms with Crippen molar-refractivity contribution in [3.05, 3.63) is 47.4 Å². The first-order valence-electron chi connectivity index (χ1n) is 7.95. The minimum absolute atomic E-state index is 0.0132. The molecule has 0 spiro atoms. The van der Waals surface area contributed by atoms with E-state index in [1.54, 1.807) is 30.0 Å². The van der Waals surface area contributed by atoms with Crippen molar-refractivity contribution in [2.75, 3.05) is 13.1 Å². The normalized spacial score (nSPS) is 16.0. The van der Waals surface area contributed by atoms with Crippen LogP contribution in [0.25, 0.3) is 0 Å². The van der Waals surface area contributed by atoms with Gasteiger partial charge in [0, 0.05) is 26.4 Å². The zero-order chi connectivity index (χ0) is 17.1. The highest BCUT2D eigenvalue weighted by Gasteiger charge is 2.32. The molecule has 3 rings (SSSR count). The van der Waals surface area contributed by atoms with Gasteiger partial charge in [0.25, 0.3) is 0 Å². The fraction of sp³-hybridized carbons (Fsp3) is 0.471. The molecule has 1 fully saturated rings. The van der Waals surface area contributed by atoms with Crippen molar-refractivity contribution in [3.63, 3.8) is 0 Å². The molecular weight excluding hydrogens is 313 g/mol. The van der Waals surface area contributed by atoms with Crippen molar-refractivity contribution >= 4 is 5.91 Å². The Kier molecular flexibility index (Phi) is 4.89. The molecule has 1 aliphatic rings. The molecule has 1 atom stereocenters. The van der Waals surface area contributed by atoms with E-state index in [1.807, 2.05) is 6.92 Å². The molecule has 128 valence electrons. The molecule has 0 aliphatic carbocycles. The Morgan fingerprint density at radius 1 is 1.42 bits per heavy atom. The van der Waals surface area contributed by atoms with Crippen LogP contribution < -0.4 is 0 Å². The van der Waals surface area contributed by atoms with E-state index in [1.165, 1.54) is 6.07 Å². The summed E-state index contributed by atoms with van der Waals surface area (Å²) in [6, 6.07) is 6.58. The van der Waals surface area contributed by atoms with Gasteiger partial charge >= 0.3 is 0 Å². The van der Waals surface area contributed by atoms with Gasteiger partial charge < -0.3 is 14.1 Å². The first-order valence-corrected chi connectivity index (χ1v) is 7.95. The third-order valence-corrected chi connectivity index (χ3v) is 4.13. The highest BCUT2D eigenvalue weighted by molar-refractivity contribution is 5.78. The van der Waals surface area contributed by atoms with Crippen LogP contribution in [0.5, 0.6) is 0 Å². The summed E-state index contributed by atoms with van der Waals surface area (Å²) in [5.41, 5.74) is 0.575. The van der Waals surface area contributed by atoms with Gasteiger partial charge in [-0.2, -0.15) is 0 Å². The molecule has 0 radical (unpaired) electrons. The summed E-state index contributed by atoms with van der Waals surface area (Å²) < 4.78 is 24.6. The maximum Gasteiger partial charge on any atom is 0.242 e. The predicted molar refractivity (Wildman–Crippen MR) is 83.6 cm³/mol. The fourth-order valence-corrected chi connectivity index (χ4v) is 2.71. The fourth-order valence-electron chi connectivity index (χ4n) is 2.71. The molecule has 1 aromatic heterocycles.